The molecule has 6 heteroatoms. The van der Waals surface area contributed by atoms with E-state index in [1.165, 1.54) is 6.92 Å². The number of carbonyl (C=O) groups excluding carboxylic acids is 4. The van der Waals surface area contributed by atoms with Gasteiger partial charge in [-0.2, -0.15) is 0 Å². The van der Waals surface area contributed by atoms with Crippen LogP contribution >= 0.6 is 0 Å². The molecule has 1 aliphatic heterocycles. The van der Waals surface area contributed by atoms with Crippen LogP contribution in [0.15, 0.2) is 36.4 Å². The molecule has 2 aromatic rings. The summed E-state index contributed by atoms with van der Waals surface area (Å²) in [4.78, 5) is 52.2. The van der Waals surface area contributed by atoms with E-state index in [1.54, 1.807) is 6.92 Å². The standard InChI is InChI=1S/C23H24N2O4/c1-13-11-14(2)20(17(5)26)15(3)19(13)12-24-21(27)22(28)25(23(24)29)16(4)18-9-7-6-8-10-18/h6-11,16H,12H2,1-5H3. The van der Waals surface area contributed by atoms with Crippen LogP contribution in [0.4, 0.5) is 4.79 Å². The van der Waals surface area contributed by atoms with Crippen LogP contribution in [0.1, 0.15) is 58.1 Å². The lowest BCUT2D eigenvalue weighted by Gasteiger charge is -2.23. The highest BCUT2D eigenvalue weighted by atomic mass is 16.2. The number of hydrogen-bond donors (Lipinski definition) is 0. The lowest BCUT2D eigenvalue weighted by molar-refractivity contribution is -0.144. The SMILES string of the molecule is CC(=O)c1c(C)cc(C)c(CN2C(=O)C(=O)N(C(C)c3ccccc3)C2=O)c1C. The van der Waals surface area contributed by atoms with Crippen LogP contribution in [0, 0.1) is 20.8 Å². The average Bonchev–Trinajstić information content (AvgIpc) is 2.87. The third kappa shape index (κ3) is 3.46. The molecule has 0 saturated carbocycles. The molecule has 3 rings (SSSR count). The van der Waals surface area contributed by atoms with Gasteiger partial charge in [0.2, 0.25) is 0 Å². The van der Waals surface area contributed by atoms with E-state index in [0.29, 0.717) is 11.1 Å². The fraction of sp³-hybridized carbons (Fsp3) is 0.304. The number of imide groups is 2. The topological polar surface area (TPSA) is 74.8 Å². The summed E-state index contributed by atoms with van der Waals surface area (Å²) in [6.45, 7) is 8.71. The third-order valence-electron chi connectivity index (χ3n) is 5.55. The van der Waals surface area contributed by atoms with Gasteiger partial charge in [-0.1, -0.05) is 36.4 Å². The fourth-order valence-electron chi connectivity index (χ4n) is 4.05. The van der Waals surface area contributed by atoms with Crippen molar-refractivity contribution in [3.8, 4) is 0 Å². The van der Waals surface area contributed by atoms with E-state index >= 15 is 0 Å². The highest BCUT2D eigenvalue weighted by Gasteiger charge is 2.47. The number of hydrogen-bond acceptors (Lipinski definition) is 4. The Bertz CT molecular complexity index is 1030. The Morgan fingerprint density at radius 3 is 2.17 bits per heavy atom. The molecule has 0 bridgehead atoms. The summed E-state index contributed by atoms with van der Waals surface area (Å²) in [5, 5.41) is 0. The molecule has 0 N–H and O–H groups in total. The van der Waals surface area contributed by atoms with Crippen molar-refractivity contribution in [2.24, 2.45) is 0 Å². The molecule has 0 spiro atoms. The van der Waals surface area contributed by atoms with Crippen LogP contribution < -0.4 is 0 Å². The van der Waals surface area contributed by atoms with E-state index in [-0.39, 0.29) is 12.3 Å². The van der Waals surface area contributed by atoms with E-state index < -0.39 is 23.9 Å². The summed E-state index contributed by atoms with van der Waals surface area (Å²) in [7, 11) is 0. The summed E-state index contributed by atoms with van der Waals surface area (Å²) >= 11 is 0. The van der Waals surface area contributed by atoms with Gasteiger partial charge in [-0.05, 0) is 62.4 Å². The maximum absolute atomic E-state index is 13.0. The predicted molar refractivity (Wildman–Crippen MR) is 108 cm³/mol. The second kappa shape index (κ2) is 7.62. The highest BCUT2D eigenvalue weighted by molar-refractivity contribution is 6.44. The van der Waals surface area contributed by atoms with Crippen molar-refractivity contribution in [3.63, 3.8) is 0 Å². The zero-order valence-corrected chi connectivity index (χ0v) is 17.3. The number of urea groups is 1. The quantitative estimate of drug-likeness (QED) is 0.440. The smallest absolute Gasteiger partial charge is 0.294 e. The minimum atomic E-state index is -0.846. The molecule has 1 fully saturated rings. The lowest BCUT2D eigenvalue weighted by Crippen LogP contribution is -2.35. The summed E-state index contributed by atoms with van der Waals surface area (Å²) < 4.78 is 0. The number of carbonyl (C=O) groups is 4. The van der Waals surface area contributed by atoms with Gasteiger partial charge in [-0.3, -0.25) is 19.3 Å². The zero-order chi connectivity index (χ0) is 21.5. The fourth-order valence-corrected chi connectivity index (χ4v) is 4.05. The van der Waals surface area contributed by atoms with Crippen molar-refractivity contribution in [1.29, 1.82) is 0 Å². The van der Waals surface area contributed by atoms with E-state index in [1.807, 2.05) is 57.2 Å². The zero-order valence-electron chi connectivity index (χ0n) is 17.3. The number of ketones is 1. The van der Waals surface area contributed by atoms with Crippen molar-refractivity contribution in [2.45, 2.75) is 47.2 Å². The average molecular weight is 392 g/mol. The monoisotopic (exact) mass is 392 g/mol. The number of amides is 4. The van der Waals surface area contributed by atoms with Crippen LogP contribution in [0.5, 0.6) is 0 Å². The Morgan fingerprint density at radius 2 is 1.59 bits per heavy atom. The van der Waals surface area contributed by atoms with E-state index in [9.17, 15) is 19.2 Å². The molecular weight excluding hydrogens is 368 g/mol. The first-order valence-electron chi connectivity index (χ1n) is 9.49. The molecule has 0 aromatic heterocycles. The normalized spacial score (nSPS) is 15.3. The third-order valence-corrected chi connectivity index (χ3v) is 5.55. The Morgan fingerprint density at radius 1 is 0.966 bits per heavy atom. The Balaban J connectivity index is 1.96. The van der Waals surface area contributed by atoms with E-state index in [4.69, 9.17) is 0 Å². The lowest BCUT2D eigenvalue weighted by atomic mass is 9.91. The van der Waals surface area contributed by atoms with Crippen molar-refractivity contribution in [3.05, 3.63) is 69.8 Å². The first-order valence-corrected chi connectivity index (χ1v) is 9.49. The number of rotatable bonds is 5. The maximum Gasteiger partial charge on any atom is 0.335 e. The van der Waals surface area contributed by atoms with Gasteiger partial charge in [0.15, 0.2) is 5.78 Å². The second-order valence-corrected chi connectivity index (χ2v) is 7.48. The molecule has 6 nitrogen and oxygen atoms in total. The van der Waals surface area contributed by atoms with Gasteiger partial charge in [-0.25, -0.2) is 9.69 Å². The van der Waals surface area contributed by atoms with Gasteiger partial charge in [0.05, 0.1) is 12.6 Å². The summed E-state index contributed by atoms with van der Waals surface area (Å²) in [6, 6.07) is 9.78. The first kappa shape index (κ1) is 20.5. The van der Waals surface area contributed by atoms with Crippen LogP contribution in [0.25, 0.3) is 0 Å². The molecule has 150 valence electrons. The maximum atomic E-state index is 13.0. The molecule has 4 amide bonds. The Labute approximate surface area is 170 Å². The largest absolute Gasteiger partial charge is 0.335 e. The number of aryl methyl sites for hydroxylation is 2. The van der Waals surface area contributed by atoms with Crippen LogP contribution in [0.2, 0.25) is 0 Å². The van der Waals surface area contributed by atoms with Gasteiger partial charge in [-0.15, -0.1) is 0 Å². The Kier molecular flexibility index (Phi) is 5.38. The molecular formula is C23H24N2O4. The number of Topliss-reactive ketones (excluding diaryl/α,β-unsaturated/α-hetero) is 1. The highest BCUT2D eigenvalue weighted by Crippen LogP contribution is 2.29. The first-order chi connectivity index (χ1) is 13.6. The molecule has 1 saturated heterocycles. The molecule has 0 aliphatic carbocycles. The van der Waals surface area contributed by atoms with Gasteiger partial charge in [0.1, 0.15) is 0 Å². The molecule has 29 heavy (non-hydrogen) atoms. The van der Waals surface area contributed by atoms with Crippen molar-refractivity contribution in [2.75, 3.05) is 0 Å². The Hall–Kier alpha value is -3.28. The summed E-state index contributed by atoms with van der Waals surface area (Å²) in [5.41, 5.74) is 4.52. The van der Waals surface area contributed by atoms with Crippen LogP contribution in [0.3, 0.4) is 0 Å². The van der Waals surface area contributed by atoms with Gasteiger partial charge >= 0.3 is 17.8 Å². The van der Waals surface area contributed by atoms with Crippen LogP contribution in [-0.2, 0) is 16.1 Å². The van der Waals surface area contributed by atoms with Gasteiger partial charge in [0, 0.05) is 5.56 Å². The van der Waals surface area contributed by atoms with Crippen molar-refractivity contribution >= 4 is 23.6 Å². The second-order valence-electron chi connectivity index (χ2n) is 7.48. The number of nitrogens with zero attached hydrogens (tertiary/aromatic N) is 2. The summed E-state index contributed by atoms with van der Waals surface area (Å²) in [6.07, 6.45) is 0. The molecule has 2 aromatic carbocycles. The van der Waals surface area contributed by atoms with Gasteiger partial charge < -0.3 is 0 Å². The molecule has 1 atom stereocenters. The van der Waals surface area contributed by atoms with E-state index in [2.05, 4.69) is 0 Å². The molecule has 1 aliphatic rings. The van der Waals surface area contributed by atoms with Crippen molar-refractivity contribution in [1.82, 2.24) is 9.80 Å². The number of benzene rings is 2. The van der Waals surface area contributed by atoms with Crippen LogP contribution in [-0.4, -0.2) is 33.4 Å². The predicted octanol–water partition coefficient (Wildman–Crippen LogP) is 3.87. The van der Waals surface area contributed by atoms with Crippen molar-refractivity contribution < 1.29 is 19.2 Å². The molecule has 1 heterocycles. The minimum Gasteiger partial charge on any atom is -0.294 e. The summed E-state index contributed by atoms with van der Waals surface area (Å²) in [5.74, 6) is -1.75. The van der Waals surface area contributed by atoms with Gasteiger partial charge in [0.25, 0.3) is 0 Å². The molecule has 1 unspecified atom stereocenters. The molecule has 0 radical (unpaired) electrons. The van der Waals surface area contributed by atoms with E-state index in [0.717, 1.165) is 32.1 Å². The minimum absolute atomic E-state index is 0.0420.